The molecule has 20 heavy (non-hydrogen) atoms. The van der Waals surface area contributed by atoms with Crippen LogP contribution in [-0.4, -0.2) is 29.6 Å². The molecule has 0 unspecified atom stereocenters. The van der Waals surface area contributed by atoms with Gasteiger partial charge in [0, 0.05) is 24.8 Å². The van der Waals surface area contributed by atoms with Crippen LogP contribution in [0.25, 0.3) is 0 Å². The number of nitrogens with one attached hydrogen (secondary N) is 2. The molecule has 1 aromatic rings. The summed E-state index contributed by atoms with van der Waals surface area (Å²) < 4.78 is 5.52. The van der Waals surface area contributed by atoms with Crippen LogP contribution in [-0.2, 0) is 6.54 Å². The fourth-order valence-electron chi connectivity index (χ4n) is 1.73. The molecule has 0 amide bonds. The molecule has 1 fully saturated rings. The van der Waals surface area contributed by atoms with Crippen LogP contribution < -0.4 is 15.4 Å². The lowest BCUT2D eigenvalue weighted by atomic mass is 10.3. The zero-order valence-electron chi connectivity index (χ0n) is 12.5. The molecule has 110 valence electrons. The third kappa shape index (κ3) is 5.07. The van der Waals surface area contributed by atoms with Gasteiger partial charge < -0.3 is 15.4 Å². The predicted octanol–water partition coefficient (Wildman–Crippen LogP) is 2.09. The molecule has 0 bridgehead atoms. The Balaban J connectivity index is 1.90. The van der Waals surface area contributed by atoms with Crippen molar-refractivity contribution in [2.24, 2.45) is 4.99 Å². The van der Waals surface area contributed by atoms with Crippen LogP contribution in [0.5, 0.6) is 5.88 Å². The standard InChI is InChI=1S/C15H24N4O/c1-4-16-15(19-13-6-7-13)18-10-12-5-8-14(17-9-12)20-11(2)3/h5,8-9,11,13H,4,6-7,10H2,1-3H3,(H2,16,18,19). The van der Waals surface area contributed by atoms with E-state index in [0.29, 0.717) is 18.5 Å². The van der Waals surface area contributed by atoms with Gasteiger partial charge in [0.05, 0.1) is 12.6 Å². The van der Waals surface area contributed by atoms with E-state index in [0.717, 1.165) is 18.1 Å². The van der Waals surface area contributed by atoms with Gasteiger partial charge in [-0.2, -0.15) is 0 Å². The van der Waals surface area contributed by atoms with Crippen LogP contribution >= 0.6 is 0 Å². The van der Waals surface area contributed by atoms with Crippen molar-refractivity contribution in [3.8, 4) is 5.88 Å². The fraction of sp³-hybridized carbons (Fsp3) is 0.600. The number of ether oxygens (including phenoxy) is 1. The van der Waals surface area contributed by atoms with Crippen molar-refractivity contribution in [3.05, 3.63) is 23.9 Å². The van der Waals surface area contributed by atoms with E-state index in [1.165, 1.54) is 12.8 Å². The summed E-state index contributed by atoms with van der Waals surface area (Å²) in [5.74, 6) is 1.55. The highest BCUT2D eigenvalue weighted by Crippen LogP contribution is 2.18. The number of rotatable bonds is 6. The topological polar surface area (TPSA) is 58.5 Å². The van der Waals surface area contributed by atoms with E-state index in [2.05, 4.69) is 27.5 Å². The van der Waals surface area contributed by atoms with Gasteiger partial charge in [-0.1, -0.05) is 6.07 Å². The summed E-state index contributed by atoms with van der Waals surface area (Å²) in [7, 11) is 0. The number of nitrogens with zero attached hydrogens (tertiary/aromatic N) is 2. The Morgan fingerprint density at radius 2 is 2.25 bits per heavy atom. The lowest BCUT2D eigenvalue weighted by Crippen LogP contribution is -2.38. The van der Waals surface area contributed by atoms with Crippen molar-refractivity contribution in [2.75, 3.05) is 6.54 Å². The molecule has 0 radical (unpaired) electrons. The quantitative estimate of drug-likeness (QED) is 0.617. The van der Waals surface area contributed by atoms with E-state index in [1.807, 2.05) is 32.2 Å². The van der Waals surface area contributed by atoms with Gasteiger partial charge in [-0.25, -0.2) is 9.98 Å². The first-order valence-corrected chi connectivity index (χ1v) is 7.33. The third-order valence-electron chi connectivity index (χ3n) is 2.84. The molecule has 2 N–H and O–H groups in total. The highest BCUT2D eigenvalue weighted by molar-refractivity contribution is 5.80. The van der Waals surface area contributed by atoms with Crippen LogP contribution in [0.3, 0.4) is 0 Å². The van der Waals surface area contributed by atoms with Gasteiger partial charge >= 0.3 is 0 Å². The number of hydrogen-bond acceptors (Lipinski definition) is 3. The molecule has 0 spiro atoms. The lowest BCUT2D eigenvalue weighted by Gasteiger charge is -2.10. The van der Waals surface area contributed by atoms with Gasteiger partial charge in [0.15, 0.2) is 5.96 Å². The van der Waals surface area contributed by atoms with Gasteiger partial charge in [0.25, 0.3) is 0 Å². The molecule has 0 aliphatic heterocycles. The van der Waals surface area contributed by atoms with Crippen molar-refractivity contribution < 1.29 is 4.74 Å². The summed E-state index contributed by atoms with van der Waals surface area (Å²) in [6.45, 7) is 7.55. The average Bonchev–Trinajstić information content (AvgIpc) is 3.21. The van der Waals surface area contributed by atoms with E-state index in [9.17, 15) is 0 Å². The molecule has 1 aliphatic carbocycles. The summed E-state index contributed by atoms with van der Waals surface area (Å²) in [6, 6.07) is 4.51. The summed E-state index contributed by atoms with van der Waals surface area (Å²) in [5, 5.41) is 6.65. The SMILES string of the molecule is CCNC(=NCc1ccc(OC(C)C)nc1)NC1CC1. The predicted molar refractivity (Wildman–Crippen MR) is 81.0 cm³/mol. The summed E-state index contributed by atoms with van der Waals surface area (Å²) in [4.78, 5) is 8.85. The highest BCUT2D eigenvalue weighted by atomic mass is 16.5. The van der Waals surface area contributed by atoms with Gasteiger partial charge in [-0.05, 0) is 39.2 Å². The number of pyridine rings is 1. The maximum Gasteiger partial charge on any atom is 0.213 e. The van der Waals surface area contributed by atoms with Crippen LogP contribution in [0.2, 0.25) is 0 Å². The first-order chi connectivity index (χ1) is 9.67. The molecule has 5 nitrogen and oxygen atoms in total. The van der Waals surface area contributed by atoms with Crippen LogP contribution in [0.4, 0.5) is 0 Å². The summed E-state index contributed by atoms with van der Waals surface area (Å²) in [5.41, 5.74) is 1.08. The Labute approximate surface area is 120 Å². The van der Waals surface area contributed by atoms with E-state index in [-0.39, 0.29) is 6.10 Å². The molecule has 5 heteroatoms. The Bertz CT molecular complexity index is 438. The van der Waals surface area contributed by atoms with Crippen molar-refractivity contribution in [1.82, 2.24) is 15.6 Å². The van der Waals surface area contributed by atoms with Crippen LogP contribution in [0.15, 0.2) is 23.3 Å². The van der Waals surface area contributed by atoms with Crippen molar-refractivity contribution >= 4 is 5.96 Å². The Morgan fingerprint density at radius 3 is 2.80 bits per heavy atom. The second-order valence-electron chi connectivity index (χ2n) is 5.29. The highest BCUT2D eigenvalue weighted by Gasteiger charge is 2.21. The van der Waals surface area contributed by atoms with E-state index < -0.39 is 0 Å². The summed E-state index contributed by atoms with van der Waals surface area (Å²) >= 11 is 0. The van der Waals surface area contributed by atoms with Crippen molar-refractivity contribution in [3.63, 3.8) is 0 Å². The van der Waals surface area contributed by atoms with Crippen LogP contribution in [0, 0.1) is 0 Å². The largest absolute Gasteiger partial charge is 0.475 e. The zero-order valence-corrected chi connectivity index (χ0v) is 12.5. The normalized spacial score (nSPS) is 15.3. The first kappa shape index (κ1) is 14.6. The van der Waals surface area contributed by atoms with E-state index in [1.54, 1.807) is 0 Å². The van der Waals surface area contributed by atoms with Gasteiger partial charge in [-0.3, -0.25) is 0 Å². The van der Waals surface area contributed by atoms with Crippen molar-refractivity contribution in [2.45, 2.75) is 52.3 Å². The van der Waals surface area contributed by atoms with Gasteiger partial charge in [0.2, 0.25) is 5.88 Å². The molecule has 1 heterocycles. The number of aliphatic imine (C=N–C) groups is 1. The smallest absolute Gasteiger partial charge is 0.213 e. The first-order valence-electron chi connectivity index (χ1n) is 7.33. The molecular formula is C15H24N4O. The van der Waals surface area contributed by atoms with E-state index in [4.69, 9.17) is 4.74 Å². The fourth-order valence-corrected chi connectivity index (χ4v) is 1.73. The third-order valence-corrected chi connectivity index (χ3v) is 2.84. The second kappa shape index (κ2) is 7.12. The number of guanidine groups is 1. The minimum Gasteiger partial charge on any atom is -0.475 e. The lowest BCUT2D eigenvalue weighted by molar-refractivity contribution is 0.232. The monoisotopic (exact) mass is 276 g/mol. The molecule has 1 aromatic heterocycles. The zero-order chi connectivity index (χ0) is 14.4. The molecular weight excluding hydrogens is 252 g/mol. The summed E-state index contributed by atoms with van der Waals surface area (Å²) in [6.07, 6.45) is 4.46. The van der Waals surface area contributed by atoms with Gasteiger partial charge in [-0.15, -0.1) is 0 Å². The van der Waals surface area contributed by atoms with E-state index >= 15 is 0 Å². The van der Waals surface area contributed by atoms with Crippen molar-refractivity contribution in [1.29, 1.82) is 0 Å². The number of hydrogen-bond donors (Lipinski definition) is 2. The number of aromatic nitrogens is 1. The minimum atomic E-state index is 0.148. The maximum absolute atomic E-state index is 5.52. The minimum absolute atomic E-state index is 0.148. The second-order valence-corrected chi connectivity index (χ2v) is 5.29. The van der Waals surface area contributed by atoms with Crippen LogP contribution in [0.1, 0.15) is 39.2 Å². The Hall–Kier alpha value is -1.78. The average molecular weight is 276 g/mol. The molecule has 0 atom stereocenters. The molecule has 0 saturated heterocycles. The maximum atomic E-state index is 5.52. The molecule has 0 aromatic carbocycles. The molecule has 1 aliphatic rings. The molecule has 1 saturated carbocycles. The Kier molecular flexibility index (Phi) is 5.21. The Morgan fingerprint density at radius 1 is 1.45 bits per heavy atom. The molecule has 2 rings (SSSR count). The van der Waals surface area contributed by atoms with Gasteiger partial charge in [0.1, 0.15) is 0 Å².